The highest BCUT2D eigenvalue weighted by Gasteiger charge is 2.20. The standard InChI is InChI=1S/C11H24N2/c1-3-11-5-4-10(2)13(8-6-11)9-7-12/h10-11H,3-9,12H2,1-2H3/t10-,11?/m1/s1. The Labute approximate surface area is 82.5 Å². The van der Waals surface area contributed by atoms with Crippen molar-refractivity contribution in [3.8, 4) is 0 Å². The first-order valence-electron chi connectivity index (χ1n) is 5.72. The van der Waals surface area contributed by atoms with Gasteiger partial charge in [0.2, 0.25) is 0 Å². The predicted octanol–water partition coefficient (Wildman–Crippen LogP) is 1.85. The average Bonchev–Trinajstić information content (AvgIpc) is 2.31. The molecule has 2 nitrogen and oxygen atoms in total. The summed E-state index contributed by atoms with van der Waals surface area (Å²) in [5.41, 5.74) is 5.60. The summed E-state index contributed by atoms with van der Waals surface area (Å²) in [6.07, 6.45) is 5.50. The lowest BCUT2D eigenvalue weighted by Gasteiger charge is -2.25. The van der Waals surface area contributed by atoms with Gasteiger partial charge in [0, 0.05) is 19.1 Å². The second-order valence-electron chi connectivity index (χ2n) is 4.31. The molecule has 0 aromatic rings. The van der Waals surface area contributed by atoms with Crippen LogP contribution in [0.3, 0.4) is 0 Å². The molecule has 2 heteroatoms. The molecule has 13 heavy (non-hydrogen) atoms. The van der Waals surface area contributed by atoms with Gasteiger partial charge in [-0.1, -0.05) is 13.3 Å². The van der Waals surface area contributed by atoms with Gasteiger partial charge in [0.25, 0.3) is 0 Å². The van der Waals surface area contributed by atoms with E-state index in [9.17, 15) is 0 Å². The maximum absolute atomic E-state index is 5.60. The van der Waals surface area contributed by atoms with Gasteiger partial charge in [-0.05, 0) is 38.6 Å². The molecule has 0 saturated carbocycles. The maximum Gasteiger partial charge on any atom is 0.0107 e. The van der Waals surface area contributed by atoms with Gasteiger partial charge in [-0.2, -0.15) is 0 Å². The molecule has 1 aliphatic heterocycles. The van der Waals surface area contributed by atoms with Crippen LogP contribution in [0.15, 0.2) is 0 Å². The van der Waals surface area contributed by atoms with Gasteiger partial charge in [-0.25, -0.2) is 0 Å². The summed E-state index contributed by atoms with van der Waals surface area (Å²) >= 11 is 0. The van der Waals surface area contributed by atoms with E-state index >= 15 is 0 Å². The molecule has 0 aliphatic carbocycles. The van der Waals surface area contributed by atoms with Crippen LogP contribution in [-0.4, -0.2) is 30.6 Å². The van der Waals surface area contributed by atoms with Gasteiger partial charge in [-0.3, -0.25) is 4.90 Å². The lowest BCUT2D eigenvalue weighted by Crippen LogP contribution is -2.36. The van der Waals surface area contributed by atoms with Crippen molar-refractivity contribution in [2.45, 2.75) is 45.6 Å². The zero-order valence-corrected chi connectivity index (χ0v) is 9.13. The van der Waals surface area contributed by atoms with Crippen LogP contribution in [0.1, 0.15) is 39.5 Å². The van der Waals surface area contributed by atoms with Crippen LogP contribution in [0.25, 0.3) is 0 Å². The molecule has 1 rings (SSSR count). The summed E-state index contributed by atoms with van der Waals surface area (Å²) in [5, 5.41) is 0. The van der Waals surface area contributed by atoms with Crippen LogP contribution in [0.2, 0.25) is 0 Å². The highest BCUT2D eigenvalue weighted by molar-refractivity contribution is 4.75. The Morgan fingerprint density at radius 1 is 1.31 bits per heavy atom. The van der Waals surface area contributed by atoms with E-state index in [0.29, 0.717) is 0 Å². The van der Waals surface area contributed by atoms with Crippen molar-refractivity contribution in [2.24, 2.45) is 11.7 Å². The number of nitrogens with zero attached hydrogens (tertiary/aromatic N) is 1. The lowest BCUT2D eigenvalue weighted by atomic mass is 9.97. The number of rotatable bonds is 3. The fourth-order valence-corrected chi connectivity index (χ4v) is 2.28. The molecule has 1 aliphatic rings. The van der Waals surface area contributed by atoms with Gasteiger partial charge >= 0.3 is 0 Å². The van der Waals surface area contributed by atoms with E-state index in [4.69, 9.17) is 5.73 Å². The second-order valence-corrected chi connectivity index (χ2v) is 4.31. The molecule has 0 bridgehead atoms. The normalized spacial score (nSPS) is 31.6. The largest absolute Gasteiger partial charge is 0.329 e. The first kappa shape index (κ1) is 11.0. The zero-order valence-electron chi connectivity index (χ0n) is 9.13. The van der Waals surface area contributed by atoms with E-state index in [0.717, 1.165) is 25.0 Å². The van der Waals surface area contributed by atoms with Crippen LogP contribution in [-0.2, 0) is 0 Å². The maximum atomic E-state index is 5.60. The Bertz CT molecular complexity index is 136. The first-order valence-corrected chi connectivity index (χ1v) is 5.72. The Hall–Kier alpha value is -0.0800. The van der Waals surface area contributed by atoms with E-state index in [-0.39, 0.29) is 0 Å². The minimum Gasteiger partial charge on any atom is -0.329 e. The third kappa shape index (κ3) is 3.28. The van der Waals surface area contributed by atoms with E-state index < -0.39 is 0 Å². The van der Waals surface area contributed by atoms with Gasteiger partial charge in [0.05, 0.1) is 0 Å². The zero-order chi connectivity index (χ0) is 9.68. The average molecular weight is 184 g/mol. The van der Waals surface area contributed by atoms with E-state index in [1.165, 1.54) is 32.2 Å². The fraction of sp³-hybridized carbons (Fsp3) is 1.00. The second kappa shape index (κ2) is 5.61. The summed E-state index contributed by atoms with van der Waals surface area (Å²) in [7, 11) is 0. The Morgan fingerprint density at radius 2 is 2.08 bits per heavy atom. The predicted molar refractivity (Wildman–Crippen MR) is 57.7 cm³/mol. The fourth-order valence-electron chi connectivity index (χ4n) is 2.28. The molecular weight excluding hydrogens is 160 g/mol. The smallest absolute Gasteiger partial charge is 0.0107 e. The van der Waals surface area contributed by atoms with Crippen LogP contribution in [0.5, 0.6) is 0 Å². The minimum atomic E-state index is 0.750. The highest BCUT2D eigenvalue weighted by atomic mass is 15.2. The lowest BCUT2D eigenvalue weighted by molar-refractivity contribution is 0.218. The number of likely N-dealkylation sites (tertiary alicyclic amines) is 1. The summed E-state index contributed by atoms with van der Waals surface area (Å²) < 4.78 is 0. The SMILES string of the molecule is CCC1CC[C@@H](C)N(CCN)CC1. The number of nitrogens with two attached hydrogens (primary N) is 1. The molecule has 78 valence electrons. The molecule has 0 aromatic heterocycles. The van der Waals surface area contributed by atoms with Gasteiger partial charge < -0.3 is 5.73 Å². The Balaban J connectivity index is 2.39. The van der Waals surface area contributed by atoms with Crippen molar-refractivity contribution in [3.05, 3.63) is 0 Å². The van der Waals surface area contributed by atoms with E-state index in [1.807, 2.05) is 0 Å². The van der Waals surface area contributed by atoms with Gasteiger partial charge in [0.1, 0.15) is 0 Å². The van der Waals surface area contributed by atoms with Crippen LogP contribution in [0.4, 0.5) is 0 Å². The van der Waals surface area contributed by atoms with Crippen molar-refractivity contribution >= 4 is 0 Å². The third-order valence-corrected chi connectivity index (χ3v) is 3.43. The molecule has 1 fully saturated rings. The van der Waals surface area contributed by atoms with E-state index in [2.05, 4.69) is 18.7 Å². The van der Waals surface area contributed by atoms with Crippen LogP contribution < -0.4 is 5.73 Å². The quantitative estimate of drug-likeness (QED) is 0.725. The van der Waals surface area contributed by atoms with E-state index in [1.54, 1.807) is 0 Å². The molecule has 0 spiro atoms. The van der Waals surface area contributed by atoms with Crippen LogP contribution >= 0.6 is 0 Å². The van der Waals surface area contributed by atoms with Crippen molar-refractivity contribution in [1.29, 1.82) is 0 Å². The molecule has 0 aromatic carbocycles. The molecule has 1 heterocycles. The minimum absolute atomic E-state index is 0.750. The topological polar surface area (TPSA) is 29.3 Å². The molecule has 0 radical (unpaired) electrons. The molecule has 1 saturated heterocycles. The molecule has 0 amide bonds. The number of hydrogen-bond acceptors (Lipinski definition) is 2. The summed E-state index contributed by atoms with van der Waals surface area (Å²) in [6, 6.07) is 0.750. The Morgan fingerprint density at radius 3 is 2.69 bits per heavy atom. The molecule has 2 atom stereocenters. The Kier molecular flexibility index (Phi) is 4.74. The summed E-state index contributed by atoms with van der Waals surface area (Å²) in [5.74, 6) is 0.963. The number of hydrogen-bond donors (Lipinski definition) is 1. The highest BCUT2D eigenvalue weighted by Crippen LogP contribution is 2.23. The van der Waals surface area contributed by atoms with Gasteiger partial charge in [-0.15, -0.1) is 0 Å². The van der Waals surface area contributed by atoms with Gasteiger partial charge in [0.15, 0.2) is 0 Å². The molecule has 1 unspecified atom stereocenters. The molecular formula is C11H24N2. The summed E-state index contributed by atoms with van der Waals surface area (Å²) in [4.78, 5) is 2.55. The van der Waals surface area contributed by atoms with Crippen molar-refractivity contribution in [3.63, 3.8) is 0 Å². The van der Waals surface area contributed by atoms with Crippen molar-refractivity contribution in [1.82, 2.24) is 4.90 Å². The summed E-state index contributed by atoms with van der Waals surface area (Å²) in [6.45, 7) is 7.80. The third-order valence-electron chi connectivity index (χ3n) is 3.43. The van der Waals surface area contributed by atoms with Crippen LogP contribution in [0, 0.1) is 5.92 Å². The molecule has 2 N–H and O–H groups in total. The first-order chi connectivity index (χ1) is 6.27. The van der Waals surface area contributed by atoms with Crippen molar-refractivity contribution in [2.75, 3.05) is 19.6 Å². The monoisotopic (exact) mass is 184 g/mol. The van der Waals surface area contributed by atoms with Crippen molar-refractivity contribution < 1.29 is 0 Å².